The molecule has 0 unspecified atom stereocenters. The average Bonchev–Trinajstić information content (AvgIpc) is 3.57. The number of nitrogens with one attached hydrogen (secondary N) is 1. The van der Waals surface area contributed by atoms with Gasteiger partial charge in [0, 0.05) is 24.3 Å². The van der Waals surface area contributed by atoms with Crippen molar-refractivity contribution in [3.63, 3.8) is 0 Å². The van der Waals surface area contributed by atoms with Crippen LogP contribution in [-0.4, -0.2) is 34.1 Å². The van der Waals surface area contributed by atoms with Crippen molar-refractivity contribution in [3.8, 4) is 6.07 Å². The predicted octanol–water partition coefficient (Wildman–Crippen LogP) is 5.06. The van der Waals surface area contributed by atoms with Gasteiger partial charge in [0.25, 0.3) is 0 Å². The number of fused-ring (bicyclic) bond motifs is 1. The number of aryl methyl sites for hydroxylation is 1. The average molecular weight is 442 g/mol. The lowest BCUT2D eigenvalue weighted by Crippen LogP contribution is -2.35. The monoisotopic (exact) mass is 441 g/mol. The van der Waals surface area contributed by atoms with Gasteiger partial charge in [0.05, 0.1) is 22.6 Å². The molecule has 1 aromatic heterocycles. The normalized spacial score (nSPS) is 17.5. The van der Waals surface area contributed by atoms with Crippen LogP contribution in [0.4, 0.5) is 11.5 Å². The minimum Gasteiger partial charge on any atom is -0.478 e. The summed E-state index contributed by atoms with van der Waals surface area (Å²) in [5, 5.41) is 22.7. The van der Waals surface area contributed by atoms with E-state index < -0.39 is 5.97 Å². The van der Waals surface area contributed by atoms with Crippen molar-refractivity contribution in [2.75, 3.05) is 23.3 Å². The third-order valence-corrected chi connectivity index (χ3v) is 7.11. The van der Waals surface area contributed by atoms with Gasteiger partial charge in [0.1, 0.15) is 6.07 Å². The largest absolute Gasteiger partial charge is 0.478 e. The topological polar surface area (TPSA) is 102 Å². The fourth-order valence-corrected chi connectivity index (χ4v) is 4.93. The molecule has 1 spiro atoms. The van der Waals surface area contributed by atoms with Gasteiger partial charge in [-0.3, -0.25) is 0 Å². The van der Waals surface area contributed by atoms with Crippen LogP contribution in [-0.2, 0) is 0 Å². The summed E-state index contributed by atoms with van der Waals surface area (Å²) in [5.74, 6) is -0.317. The highest BCUT2D eigenvalue weighted by Crippen LogP contribution is 2.54. The molecule has 2 N–H and O–H groups in total. The lowest BCUT2D eigenvalue weighted by Gasteiger charge is -2.33. The third-order valence-electron chi connectivity index (χ3n) is 7.11. The molecule has 5 rings (SSSR count). The number of nitrogens with zero attached hydrogens (tertiary/aromatic N) is 4. The lowest BCUT2D eigenvalue weighted by atomic mass is 9.93. The van der Waals surface area contributed by atoms with E-state index in [1.165, 1.54) is 12.8 Å². The molecule has 1 saturated carbocycles. The number of rotatable bonds is 5. The molecular weight excluding hydrogens is 414 g/mol. The molecule has 0 amide bonds. The molecule has 0 radical (unpaired) electrons. The Hall–Kier alpha value is -3.66. The van der Waals surface area contributed by atoms with Gasteiger partial charge in [-0.2, -0.15) is 5.26 Å². The van der Waals surface area contributed by atoms with E-state index in [4.69, 9.17) is 9.97 Å². The second-order valence-corrected chi connectivity index (χ2v) is 9.43. The van der Waals surface area contributed by atoms with Crippen LogP contribution in [0.2, 0.25) is 0 Å². The molecule has 1 saturated heterocycles. The van der Waals surface area contributed by atoms with Crippen LogP contribution in [0, 0.1) is 23.7 Å². The van der Waals surface area contributed by atoms with Gasteiger partial charge < -0.3 is 15.3 Å². The fraction of sp³-hybridized carbons (Fsp3) is 0.385. The zero-order valence-electron chi connectivity index (χ0n) is 18.9. The van der Waals surface area contributed by atoms with E-state index in [0.717, 1.165) is 42.6 Å². The number of hydrogen-bond acceptors (Lipinski definition) is 6. The number of carboxylic acids is 1. The van der Waals surface area contributed by atoms with E-state index in [1.807, 2.05) is 26.0 Å². The van der Waals surface area contributed by atoms with Crippen LogP contribution in [0.25, 0.3) is 11.0 Å². The molecule has 2 aliphatic rings. The van der Waals surface area contributed by atoms with E-state index >= 15 is 0 Å². The Morgan fingerprint density at radius 3 is 2.58 bits per heavy atom. The molecule has 0 bridgehead atoms. The number of para-hydroxylation sites is 1. The summed E-state index contributed by atoms with van der Waals surface area (Å²) in [7, 11) is 0. The fourth-order valence-electron chi connectivity index (χ4n) is 4.93. The Morgan fingerprint density at radius 2 is 1.91 bits per heavy atom. The number of aromatic carboxylic acids is 1. The molecule has 33 heavy (non-hydrogen) atoms. The second kappa shape index (κ2) is 8.04. The SMILES string of the molecule is Cc1cc([C@@H](C)Nc2ccccc2C(=O)O)c2nc(N3CCC4(CC3)CC4)c(C#N)nc2c1. The van der Waals surface area contributed by atoms with Crippen LogP contribution >= 0.6 is 0 Å². The Bertz CT molecular complexity index is 1280. The first kappa shape index (κ1) is 21.2. The number of anilines is 2. The van der Waals surface area contributed by atoms with Gasteiger partial charge in [-0.25, -0.2) is 14.8 Å². The zero-order valence-corrected chi connectivity index (χ0v) is 18.9. The molecule has 1 atom stereocenters. The van der Waals surface area contributed by atoms with Crippen LogP contribution in [0.3, 0.4) is 0 Å². The standard InChI is InChI=1S/C26H27N5O2/c1-16-13-19(17(2)28-20-6-4-3-5-18(20)25(32)33)23-21(14-16)29-22(15-27)24(30-23)31-11-9-26(7-8-26)10-12-31/h3-6,13-14,17,28H,7-12H2,1-2H3,(H,32,33)/t17-/m1/s1. The number of benzene rings is 2. The summed E-state index contributed by atoms with van der Waals surface area (Å²) in [5.41, 5.74) is 5.04. The summed E-state index contributed by atoms with van der Waals surface area (Å²) in [4.78, 5) is 23.5. The number of piperidine rings is 1. The molecule has 7 nitrogen and oxygen atoms in total. The molecule has 1 aliphatic carbocycles. The maximum atomic E-state index is 11.6. The highest BCUT2D eigenvalue weighted by molar-refractivity contribution is 5.94. The van der Waals surface area contributed by atoms with Crippen LogP contribution in [0.15, 0.2) is 36.4 Å². The van der Waals surface area contributed by atoms with Gasteiger partial charge in [0.2, 0.25) is 0 Å². The maximum Gasteiger partial charge on any atom is 0.337 e. The third kappa shape index (κ3) is 3.97. The van der Waals surface area contributed by atoms with Gasteiger partial charge in [-0.05, 0) is 68.7 Å². The van der Waals surface area contributed by atoms with Crippen LogP contribution in [0.1, 0.15) is 65.8 Å². The van der Waals surface area contributed by atoms with Crippen molar-refractivity contribution < 1.29 is 9.90 Å². The second-order valence-electron chi connectivity index (χ2n) is 9.43. The minimum absolute atomic E-state index is 0.209. The van der Waals surface area contributed by atoms with Crippen molar-refractivity contribution in [2.45, 2.75) is 45.6 Å². The number of aromatic nitrogens is 2. The molecule has 7 heteroatoms. The zero-order chi connectivity index (χ0) is 23.2. The summed E-state index contributed by atoms with van der Waals surface area (Å²) in [6, 6.07) is 12.9. The minimum atomic E-state index is -0.973. The number of nitriles is 1. The lowest BCUT2D eigenvalue weighted by molar-refractivity contribution is 0.0698. The maximum absolute atomic E-state index is 11.6. The molecule has 2 aromatic carbocycles. The quantitative estimate of drug-likeness (QED) is 0.570. The van der Waals surface area contributed by atoms with Gasteiger partial charge in [-0.1, -0.05) is 18.2 Å². The molecule has 2 fully saturated rings. The van der Waals surface area contributed by atoms with E-state index in [0.29, 0.717) is 28.1 Å². The Labute approximate surface area is 193 Å². The van der Waals surface area contributed by atoms with Crippen LogP contribution < -0.4 is 10.2 Å². The van der Waals surface area contributed by atoms with Gasteiger partial charge in [-0.15, -0.1) is 0 Å². The van der Waals surface area contributed by atoms with Crippen molar-refractivity contribution in [2.24, 2.45) is 5.41 Å². The van der Waals surface area contributed by atoms with Gasteiger partial charge in [0.15, 0.2) is 11.5 Å². The van der Waals surface area contributed by atoms with Crippen molar-refractivity contribution in [1.82, 2.24) is 9.97 Å². The van der Waals surface area contributed by atoms with Crippen LogP contribution in [0.5, 0.6) is 0 Å². The van der Waals surface area contributed by atoms with Crippen molar-refractivity contribution >= 4 is 28.5 Å². The first-order valence-electron chi connectivity index (χ1n) is 11.5. The predicted molar refractivity (Wildman–Crippen MR) is 128 cm³/mol. The molecule has 3 aromatic rings. The van der Waals surface area contributed by atoms with Crippen molar-refractivity contribution in [1.29, 1.82) is 5.26 Å². The van der Waals surface area contributed by atoms with E-state index in [2.05, 4.69) is 22.4 Å². The Kier molecular flexibility index (Phi) is 5.16. The van der Waals surface area contributed by atoms with E-state index in [9.17, 15) is 15.2 Å². The molecule has 1 aliphatic heterocycles. The van der Waals surface area contributed by atoms with Gasteiger partial charge >= 0.3 is 5.97 Å². The summed E-state index contributed by atoms with van der Waals surface area (Å²) < 4.78 is 0. The number of carboxylic acid groups (broad SMARTS) is 1. The molecule has 2 heterocycles. The van der Waals surface area contributed by atoms with E-state index in [-0.39, 0.29) is 11.6 Å². The molecule has 168 valence electrons. The van der Waals surface area contributed by atoms with E-state index in [1.54, 1.807) is 18.2 Å². The smallest absolute Gasteiger partial charge is 0.337 e. The van der Waals surface area contributed by atoms with Crippen molar-refractivity contribution in [3.05, 3.63) is 58.8 Å². The first-order chi connectivity index (χ1) is 15.9. The first-order valence-corrected chi connectivity index (χ1v) is 11.5. The molecular formula is C26H27N5O2. The Morgan fingerprint density at radius 1 is 1.18 bits per heavy atom. The highest BCUT2D eigenvalue weighted by Gasteiger charge is 2.44. The summed E-state index contributed by atoms with van der Waals surface area (Å²) in [6.07, 6.45) is 4.92. The summed E-state index contributed by atoms with van der Waals surface area (Å²) in [6.45, 7) is 5.78. The Balaban J connectivity index is 1.54. The number of hydrogen-bond donors (Lipinski definition) is 2. The number of carbonyl (C=O) groups is 1. The summed E-state index contributed by atoms with van der Waals surface area (Å²) >= 11 is 0. The highest BCUT2D eigenvalue weighted by atomic mass is 16.4.